The topological polar surface area (TPSA) is 214 Å². The molecule has 2 atom stereocenters. The summed E-state index contributed by atoms with van der Waals surface area (Å²) in [5, 5.41) is 36.3. The summed E-state index contributed by atoms with van der Waals surface area (Å²) in [6.07, 6.45) is 18.7. The molecule has 2 rings (SSSR count). The maximum atomic E-state index is 11.2. The van der Waals surface area contributed by atoms with Crippen LogP contribution in [0.4, 0.5) is 11.4 Å². The fraction of sp³-hybridized carbons (Fsp3) is 0.636. The average Bonchev–Trinajstić information content (AvgIpc) is 3.18. The second-order valence-electron chi connectivity index (χ2n) is 15.0. The molecule has 60 heavy (non-hydrogen) atoms. The van der Waals surface area contributed by atoms with Crippen LogP contribution in [0.2, 0.25) is 0 Å². The van der Waals surface area contributed by atoms with Gasteiger partial charge in [0.15, 0.2) is 0 Å². The highest BCUT2D eigenvalue weighted by molar-refractivity contribution is 7.92. The zero-order valence-electron chi connectivity index (χ0n) is 37.0. The number of hydrogen-bond donors (Lipinski definition) is 6. The predicted octanol–water partition coefficient (Wildman–Crippen LogP) is 8.04. The van der Waals surface area contributed by atoms with E-state index in [2.05, 4.69) is 46.9 Å². The summed E-state index contributed by atoms with van der Waals surface area (Å²) in [5.41, 5.74) is 2.69. The Morgan fingerprint density at radius 1 is 0.533 bits per heavy atom. The molecule has 2 aromatic carbocycles. The van der Waals surface area contributed by atoms with Gasteiger partial charge in [0.25, 0.3) is 0 Å². The van der Waals surface area contributed by atoms with Gasteiger partial charge in [-0.3, -0.25) is 9.44 Å². The normalized spacial score (nSPS) is 12.6. The molecule has 14 nitrogen and oxygen atoms in total. The molecule has 0 spiro atoms. The molecule has 0 aromatic heterocycles. The van der Waals surface area contributed by atoms with E-state index in [1.54, 1.807) is 48.5 Å². The summed E-state index contributed by atoms with van der Waals surface area (Å²) in [4.78, 5) is 24.0. The molecule has 0 aliphatic rings. The van der Waals surface area contributed by atoms with Crippen molar-refractivity contribution in [3.05, 3.63) is 71.8 Å². The average molecular weight is 885 g/mol. The van der Waals surface area contributed by atoms with Crippen LogP contribution >= 0.6 is 0 Å². The first kappa shape index (κ1) is 56.5. The lowest BCUT2D eigenvalue weighted by atomic mass is 10.0. The van der Waals surface area contributed by atoms with E-state index in [1.165, 1.54) is 64.2 Å². The second kappa shape index (κ2) is 33.1. The summed E-state index contributed by atoms with van der Waals surface area (Å²) >= 11 is 0. The van der Waals surface area contributed by atoms with Crippen LogP contribution in [-0.2, 0) is 29.6 Å². The molecule has 0 saturated heterocycles. The fourth-order valence-electron chi connectivity index (χ4n) is 6.20. The summed E-state index contributed by atoms with van der Waals surface area (Å²) in [7, 11) is -6.54. The minimum Gasteiger partial charge on any atom is -0.478 e. The summed E-state index contributed by atoms with van der Waals surface area (Å²) in [6.45, 7) is 15.3. The maximum Gasteiger partial charge on any atom is 0.328 e. The van der Waals surface area contributed by atoms with Gasteiger partial charge >= 0.3 is 11.9 Å². The predicted molar refractivity (Wildman–Crippen MR) is 244 cm³/mol. The highest BCUT2D eigenvalue weighted by Gasteiger charge is 2.12. The standard InChI is InChI=1S/2C20H36N2O3S.C4H4O4/c2*1-4-6-7-8-9-16-22(5-2)17-10-11-20(23)18-12-14-19(15-13-18)21-26(3,24)25;5-3(6)1-2-4(7)8/h2*12-15,20-21,23H,4-11,16-17H2,1-3H3;1-2H,(H,5,6)(H,7,8)/b;;2-1+/t2*20-;/m00./s1. The Labute approximate surface area is 361 Å². The monoisotopic (exact) mass is 885 g/mol. The van der Waals surface area contributed by atoms with Crippen LogP contribution in [0, 0.1) is 0 Å². The van der Waals surface area contributed by atoms with Gasteiger partial charge in [-0.25, -0.2) is 26.4 Å². The van der Waals surface area contributed by atoms with E-state index in [4.69, 9.17) is 10.2 Å². The quantitative estimate of drug-likeness (QED) is 0.0325. The molecule has 0 heterocycles. The molecular formula is C44H76N4O10S2. The largest absolute Gasteiger partial charge is 0.478 e. The molecule has 0 bridgehead atoms. The van der Waals surface area contributed by atoms with Crippen molar-refractivity contribution < 1.29 is 46.9 Å². The lowest BCUT2D eigenvalue weighted by molar-refractivity contribution is -0.134. The van der Waals surface area contributed by atoms with Crippen molar-refractivity contribution in [1.29, 1.82) is 0 Å². The Morgan fingerprint density at radius 3 is 1.10 bits per heavy atom. The van der Waals surface area contributed by atoms with Gasteiger partial charge in [-0.2, -0.15) is 0 Å². The number of anilines is 2. The third-order valence-electron chi connectivity index (χ3n) is 9.52. The molecule has 0 radical (unpaired) electrons. The van der Waals surface area contributed by atoms with E-state index in [-0.39, 0.29) is 0 Å². The summed E-state index contributed by atoms with van der Waals surface area (Å²) in [6, 6.07) is 13.9. The lowest BCUT2D eigenvalue weighted by Crippen LogP contribution is -2.26. The molecule has 0 fully saturated rings. The van der Waals surface area contributed by atoms with Gasteiger partial charge in [-0.1, -0.05) is 103 Å². The smallest absolute Gasteiger partial charge is 0.328 e. The third-order valence-corrected chi connectivity index (χ3v) is 10.7. The van der Waals surface area contributed by atoms with E-state index in [1.807, 2.05) is 0 Å². The minimum atomic E-state index is -3.27. The first-order chi connectivity index (χ1) is 28.3. The van der Waals surface area contributed by atoms with Crippen LogP contribution in [0.25, 0.3) is 0 Å². The molecule has 6 N–H and O–H groups in total. The Hall–Kier alpha value is -3.54. The molecule has 344 valence electrons. The van der Waals surface area contributed by atoms with E-state index < -0.39 is 44.2 Å². The maximum absolute atomic E-state index is 11.2. The first-order valence-corrected chi connectivity index (χ1v) is 25.2. The number of carbonyl (C=O) groups is 2. The molecule has 0 unspecified atom stereocenters. The number of rotatable bonds is 30. The number of carboxylic acid groups (broad SMARTS) is 2. The second-order valence-corrected chi connectivity index (χ2v) is 18.5. The number of unbranched alkanes of at least 4 members (excludes halogenated alkanes) is 8. The number of carboxylic acids is 2. The van der Waals surface area contributed by atoms with E-state index in [0.717, 1.165) is 75.7 Å². The molecule has 16 heteroatoms. The van der Waals surface area contributed by atoms with E-state index in [0.29, 0.717) is 36.4 Å². The van der Waals surface area contributed by atoms with Gasteiger partial charge in [0.2, 0.25) is 20.0 Å². The molecule has 0 saturated carbocycles. The number of nitrogens with one attached hydrogen (secondary N) is 2. The van der Waals surface area contributed by atoms with Crippen LogP contribution in [0.15, 0.2) is 60.7 Å². The van der Waals surface area contributed by atoms with Gasteiger partial charge in [0.1, 0.15) is 0 Å². The van der Waals surface area contributed by atoms with Crippen molar-refractivity contribution in [3.8, 4) is 0 Å². The third kappa shape index (κ3) is 32.3. The number of sulfonamides is 2. The van der Waals surface area contributed by atoms with Crippen LogP contribution in [0.5, 0.6) is 0 Å². The van der Waals surface area contributed by atoms with Crippen LogP contribution in [0.3, 0.4) is 0 Å². The van der Waals surface area contributed by atoms with Crippen molar-refractivity contribution in [2.45, 2.75) is 130 Å². The van der Waals surface area contributed by atoms with E-state index >= 15 is 0 Å². The highest BCUT2D eigenvalue weighted by atomic mass is 32.2. The van der Waals surface area contributed by atoms with Crippen molar-refractivity contribution >= 4 is 43.4 Å². The zero-order valence-corrected chi connectivity index (χ0v) is 38.7. The van der Waals surface area contributed by atoms with Crippen molar-refractivity contribution in [3.63, 3.8) is 0 Å². The van der Waals surface area contributed by atoms with E-state index in [9.17, 15) is 36.6 Å². The Balaban J connectivity index is 0.000000982. The highest BCUT2D eigenvalue weighted by Crippen LogP contribution is 2.22. The number of benzene rings is 2. The van der Waals surface area contributed by atoms with Crippen molar-refractivity contribution in [2.75, 3.05) is 61.2 Å². The Bertz CT molecular complexity index is 1550. The Morgan fingerprint density at radius 2 is 0.833 bits per heavy atom. The van der Waals surface area contributed by atoms with Gasteiger partial charge in [-0.05, 0) is 113 Å². The minimum absolute atomic E-state index is 0.509. The van der Waals surface area contributed by atoms with Crippen molar-refractivity contribution in [2.24, 2.45) is 0 Å². The number of aliphatic carboxylic acids is 2. The molecule has 2 aromatic rings. The summed E-state index contributed by atoms with van der Waals surface area (Å²) < 4.78 is 49.7. The van der Waals surface area contributed by atoms with Gasteiger partial charge < -0.3 is 30.2 Å². The molecule has 0 aliphatic heterocycles. The molecule has 0 amide bonds. The van der Waals surface area contributed by atoms with Crippen molar-refractivity contribution in [1.82, 2.24) is 9.80 Å². The SMILES string of the molecule is CCCCCCCN(CC)CCC[C@H](O)c1ccc(NS(C)(=O)=O)cc1.CCCCCCCN(CC)CCC[C@H](O)c1ccc(NS(C)(=O)=O)cc1.O=C(O)/C=C/C(=O)O. The fourth-order valence-corrected chi connectivity index (χ4v) is 7.33. The van der Waals surface area contributed by atoms with Crippen LogP contribution < -0.4 is 9.44 Å². The Kier molecular flexibility index (Phi) is 31.2. The number of nitrogens with zero attached hydrogens (tertiary/aromatic N) is 2. The van der Waals surface area contributed by atoms with Gasteiger partial charge in [-0.15, -0.1) is 0 Å². The van der Waals surface area contributed by atoms with Crippen LogP contribution in [0.1, 0.15) is 141 Å². The lowest BCUT2D eigenvalue weighted by Gasteiger charge is -2.21. The number of aliphatic hydroxyl groups excluding tert-OH is 2. The first-order valence-electron chi connectivity index (χ1n) is 21.4. The van der Waals surface area contributed by atoms with Gasteiger partial charge in [0, 0.05) is 23.5 Å². The van der Waals surface area contributed by atoms with Crippen LogP contribution in [-0.4, -0.2) is 111 Å². The van der Waals surface area contributed by atoms with Gasteiger partial charge in [0.05, 0.1) is 24.7 Å². The summed E-state index contributed by atoms with van der Waals surface area (Å²) in [5.74, 6) is -2.51. The number of aliphatic hydroxyl groups is 2. The molecular weight excluding hydrogens is 809 g/mol. The molecule has 0 aliphatic carbocycles. The zero-order chi connectivity index (χ0) is 45.4. The number of hydrogen-bond acceptors (Lipinski definition) is 10.